The Balaban J connectivity index is 1.17. The fourth-order valence-corrected chi connectivity index (χ4v) is 11.9. The van der Waals surface area contributed by atoms with E-state index in [1.807, 2.05) is 0 Å². The minimum Gasteiger partial charge on any atom is -0.310 e. The second-order valence-electron chi connectivity index (χ2n) is 18.0. The van der Waals surface area contributed by atoms with Gasteiger partial charge >= 0.3 is 0 Å². The average Bonchev–Trinajstić information content (AvgIpc) is 3.92. The number of fused-ring (bicyclic) bond motifs is 15. The Kier molecular flexibility index (Phi) is 7.90. The molecule has 0 bridgehead atoms. The van der Waals surface area contributed by atoms with Gasteiger partial charge in [0.1, 0.15) is 0 Å². The Morgan fingerprint density at radius 2 is 0.734 bits per heavy atom. The van der Waals surface area contributed by atoms with Gasteiger partial charge in [0.2, 0.25) is 0 Å². The van der Waals surface area contributed by atoms with Gasteiger partial charge in [0.25, 0.3) is 0 Å². The van der Waals surface area contributed by atoms with Crippen molar-refractivity contribution in [3.63, 3.8) is 0 Å². The van der Waals surface area contributed by atoms with Crippen LogP contribution in [0, 0.1) is 0 Å². The van der Waals surface area contributed by atoms with E-state index >= 15 is 0 Å². The Labute approximate surface area is 375 Å². The van der Waals surface area contributed by atoms with Crippen LogP contribution in [-0.4, -0.2) is 0 Å². The summed E-state index contributed by atoms with van der Waals surface area (Å²) >= 11 is 0. The first-order valence-electron chi connectivity index (χ1n) is 22.4. The third-order valence-corrected chi connectivity index (χ3v) is 14.4. The van der Waals surface area contributed by atoms with Gasteiger partial charge in [0.15, 0.2) is 0 Å². The lowest BCUT2D eigenvalue weighted by Gasteiger charge is -2.34. The van der Waals surface area contributed by atoms with Crippen molar-refractivity contribution in [2.45, 2.75) is 24.7 Å². The summed E-state index contributed by atoms with van der Waals surface area (Å²) in [6, 6.07) is 85.7. The first-order valence-corrected chi connectivity index (χ1v) is 22.4. The largest absolute Gasteiger partial charge is 0.310 e. The quantitative estimate of drug-likeness (QED) is 0.165. The molecule has 302 valence electrons. The zero-order valence-corrected chi connectivity index (χ0v) is 35.8. The number of rotatable bonds is 6. The van der Waals surface area contributed by atoms with Gasteiger partial charge < -0.3 is 9.80 Å². The normalized spacial score (nSPS) is 15.5. The van der Waals surface area contributed by atoms with Crippen molar-refractivity contribution < 1.29 is 0 Å². The van der Waals surface area contributed by atoms with Crippen molar-refractivity contribution in [2.24, 2.45) is 0 Å². The molecule has 0 heterocycles. The van der Waals surface area contributed by atoms with Crippen molar-refractivity contribution in [3.05, 3.63) is 264 Å². The summed E-state index contributed by atoms with van der Waals surface area (Å²) in [5.41, 5.74) is 21.8. The van der Waals surface area contributed by atoms with Crippen LogP contribution in [-0.2, 0) is 10.8 Å². The zero-order valence-electron chi connectivity index (χ0n) is 35.8. The molecule has 1 spiro atoms. The standard InChI is InChI=1S/C62H44N2/c1-61(2)49-33-17-14-30-46(49)57-52(61)36-20-39-55(57)64(44-27-10-5-11-28-44)56-40-41-22-12-13-29-45(41)60-59(56)48-32-16-19-35-51(48)62(60)50-34-18-15-31-47(50)58-53(62)37-21-38-54(58)63(42-23-6-3-7-24-42)43-25-8-4-9-26-43/h3-40H,1-2H3. The van der Waals surface area contributed by atoms with Gasteiger partial charge in [-0.3, -0.25) is 0 Å². The molecule has 64 heavy (non-hydrogen) atoms. The van der Waals surface area contributed by atoms with Crippen LogP contribution in [0.4, 0.5) is 34.1 Å². The summed E-state index contributed by atoms with van der Waals surface area (Å²) in [5.74, 6) is 0. The molecule has 0 radical (unpaired) electrons. The van der Waals surface area contributed by atoms with Crippen LogP contribution in [0.3, 0.4) is 0 Å². The van der Waals surface area contributed by atoms with Crippen molar-refractivity contribution >= 4 is 44.9 Å². The number of hydrogen-bond donors (Lipinski definition) is 0. The third kappa shape index (κ3) is 4.91. The third-order valence-electron chi connectivity index (χ3n) is 14.4. The topological polar surface area (TPSA) is 6.48 Å². The highest BCUT2D eigenvalue weighted by atomic mass is 15.2. The Bertz CT molecular complexity index is 3440. The predicted octanol–water partition coefficient (Wildman–Crippen LogP) is 16.4. The summed E-state index contributed by atoms with van der Waals surface area (Å²) in [4.78, 5) is 5.01. The molecule has 0 N–H and O–H groups in total. The molecule has 3 aliphatic rings. The maximum absolute atomic E-state index is 2.57. The molecule has 0 fully saturated rings. The van der Waals surface area contributed by atoms with Gasteiger partial charge in [-0.25, -0.2) is 0 Å². The first-order chi connectivity index (χ1) is 31.6. The van der Waals surface area contributed by atoms with Gasteiger partial charge in [-0.05, 0) is 115 Å². The summed E-state index contributed by atoms with van der Waals surface area (Å²) < 4.78 is 0. The second-order valence-corrected chi connectivity index (χ2v) is 18.0. The molecular weight excluding hydrogens is 773 g/mol. The summed E-state index contributed by atoms with van der Waals surface area (Å²) in [5, 5.41) is 2.49. The van der Waals surface area contributed by atoms with Crippen LogP contribution < -0.4 is 9.80 Å². The van der Waals surface area contributed by atoms with E-state index in [-0.39, 0.29) is 5.41 Å². The first kappa shape index (κ1) is 36.7. The molecule has 0 saturated carbocycles. The van der Waals surface area contributed by atoms with Crippen molar-refractivity contribution in [1.82, 2.24) is 0 Å². The molecule has 2 heteroatoms. The van der Waals surface area contributed by atoms with E-state index in [2.05, 4.69) is 254 Å². The van der Waals surface area contributed by atoms with Crippen LogP contribution in [0.5, 0.6) is 0 Å². The van der Waals surface area contributed by atoms with Crippen LogP contribution >= 0.6 is 0 Å². The number of benzene rings is 10. The van der Waals surface area contributed by atoms with Gasteiger partial charge in [0.05, 0.1) is 22.5 Å². The molecule has 13 rings (SSSR count). The van der Waals surface area contributed by atoms with Crippen molar-refractivity contribution in [1.29, 1.82) is 0 Å². The van der Waals surface area contributed by atoms with Crippen molar-refractivity contribution in [2.75, 3.05) is 9.80 Å². The van der Waals surface area contributed by atoms with Gasteiger partial charge in [-0.1, -0.05) is 190 Å². The molecular formula is C62H44N2. The maximum Gasteiger partial charge on any atom is 0.0733 e. The highest BCUT2D eigenvalue weighted by molar-refractivity contribution is 6.12. The number of para-hydroxylation sites is 3. The molecule has 10 aromatic carbocycles. The molecule has 1 unspecified atom stereocenters. The Morgan fingerprint density at radius 3 is 1.34 bits per heavy atom. The molecule has 3 aliphatic carbocycles. The second kappa shape index (κ2) is 13.8. The summed E-state index contributed by atoms with van der Waals surface area (Å²) in [7, 11) is 0. The summed E-state index contributed by atoms with van der Waals surface area (Å²) in [6.07, 6.45) is 0. The van der Waals surface area contributed by atoms with Crippen LogP contribution in [0.25, 0.3) is 44.2 Å². The van der Waals surface area contributed by atoms with Crippen molar-refractivity contribution in [3.8, 4) is 33.4 Å². The smallest absolute Gasteiger partial charge is 0.0733 e. The zero-order chi connectivity index (χ0) is 42.6. The van der Waals surface area contributed by atoms with Gasteiger partial charge in [0, 0.05) is 39.2 Å². The highest BCUT2D eigenvalue weighted by Gasteiger charge is 2.54. The molecule has 1 atom stereocenters. The summed E-state index contributed by atoms with van der Waals surface area (Å²) in [6.45, 7) is 4.75. The maximum atomic E-state index is 2.57. The van der Waals surface area contributed by atoms with Gasteiger partial charge in [-0.2, -0.15) is 0 Å². The fourth-order valence-electron chi connectivity index (χ4n) is 11.9. The Morgan fingerprint density at radius 1 is 0.312 bits per heavy atom. The predicted molar refractivity (Wildman–Crippen MR) is 267 cm³/mol. The van der Waals surface area contributed by atoms with Crippen LogP contribution in [0.2, 0.25) is 0 Å². The molecule has 0 aromatic heterocycles. The lowest BCUT2D eigenvalue weighted by Crippen LogP contribution is -2.26. The van der Waals surface area contributed by atoms with Crippen LogP contribution in [0.15, 0.2) is 231 Å². The lowest BCUT2D eigenvalue weighted by atomic mass is 9.69. The SMILES string of the molecule is CC1(C)c2ccccc2-c2c(N(c3ccccc3)c3cc4ccccc4c4c3-c3ccccc3C43c4ccccc4-c4c(N(c5ccccc5)c5ccccc5)cccc43)cccc21. The monoisotopic (exact) mass is 816 g/mol. The van der Waals surface area contributed by atoms with Crippen LogP contribution in [0.1, 0.15) is 47.2 Å². The molecule has 0 amide bonds. The van der Waals surface area contributed by atoms with E-state index in [0.29, 0.717) is 0 Å². The Hall–Kier alpha value is -7.94. The number of anilines is 6. The van der Waals surface area contributed by atoms with E-state index in [9.17, 15) is 0 Å². The van der Waals surface area contributed by atoms with E-state index in [4.69, 9.17) is 0 Å². The fraction of sp³-hybridized carbons (Fsp3) is 0.0645. The van der Waals surface area contributed by atoms with E-state index in [1.54, 1.807) is 0 Å². The molecule has 10 aromatic rings. The molecule has 0 saturated heterocycles. The van der Waals surface area contributed by atoms with E-state index in [0.717, 1.165) is 22.7 Å². The lowest BCUT2D eigenvalue weighted by molar-refractivity contribution is 0.660. The average molecular weight is 817 g/mol. The van der Waals surface area contributed by atoms with E-state index < -0.39 is 5.41 Å². The highest BCUT2D eigenvalue weighted by Crippen LogP contribution is 2.68. The molecule has 2 nitrogen and oxygen atoms in total. The van der Waals surface area contributed by atoms with E-state index in [1.165, 1.54) is 88.9 Å². The number of nitrogens with zero attached hydrogens (tertiary/aromatic N) is 2. The minimum atomic E-state index is -0.613. The van der Waals surface area contributed by atoms with Gasteiger partial charge in [-0.15, -0.1) is 0 Å². The number of hydrogen-bond acceptors (Lipinski definition) is 2. The molecule has 0 aliphatic heterocycles. The minimum absolute atomic E-state index is 0.144.